The van der Waals surface area contributed by atoms with Crippen LogP contribution in [0.5, 0.6) is 0 Å². The van der Waals surface area contributed by atoms with Crippen molar-refractivity contribution >= 4 is 34.2 Å². The number of amides is 1. The Kier molecular flexibility index (Phi) is 5.75. The van der Waals surface area contributed by atoms with Crippen molar-refractivity contribution in [3.05, 3.63) is 62.7 Å². The van der Waals surface area contributed by atoms with E-state index in [1.165, 1.54) is 0 Å². The van der Waals surface area contributed by atoms with Gasteiger partial charge in [0.05, 0.1) is 28.6 Å². The van der Waals surface area contributed by atoms with Crippen molar-refractivity contribution in [2.45, 2.75) is 40.3 Å². The summed E-state index contributed by atoms with van der Waals surface area (Å²) < 4.78 is 4.94. The molecule has 3 aromatic rings. The summed E-state index contributed by atoms with van der Waals surface area (Å²) in [6.07, 6.45) is 2.20. The number of hydrogen-bond donors (Lipinski definition) is 1. The van der Waals surface area contributed by atoms with Crippen LogP contribution in [0.1, 0.15) is 29.1 Å². The van der Waals surface area contributed by atoms with Gasteiger partial charge in [-0.2, -0.15) is 10.2 Å². The summed E-state index contributed by atoms with van der Waals surface area (Å²) in [5.74, 6) is -0.0156. The minimum atomic E-state index is -0.0156. The molecule has 0 bridgehead atoms. The van der Waals surface area contributed by atoms with E-state index in [0.29, 0.717) is 19.5 Å². The van der Waals surface area contributed by atoms with Crippen LogP contribution in [0, 0.1) is 24.3 Å². The van der Waals surface area contributed by atoms with Crippen LogP contribution in [0.3, 0.4) is 0 Å². The molecule has 136 valence electrons. The molecule has 0 aliphatic rings. The highest BCUT2D eigenvalue weighted by molar-refractivity contribution is 14.1. The molecule has 1 N–H and O–H groups in total. The maximum atomic E-state index is 12.3. The van der Waals surface area contributed by atoms with Gasteiger partial charge in [-0.15, -0.1) is 0 Å². The number of nitrogens with one attached hydrogen (secondary N) is 1. The number of carbonyl (C=O) groups excluding carboxylic acids is 1. The number of aromatic nitrogens is 4. The molecule has 2 heterocycles. The molecule has 0 saturated heterocycles. The Labute approximate surface area is 166 Å². The van der Waals surface area contributed by atoms with Crippen LogP contribution in [-0.4, -0.2) is 25.5 Å². The SMILES string of the molecule is Cc1cc(C)n(Cc2cccc(NC(=O)CCn3ncc(I)c3C)c2)n1. The zero-order valence-corrected chi connectivity index (χ0v) is 17.3. The second-order valence-corrected chi connectivity index (χ2v) is 7.55. The lowest BCUT2D eigenvalue weighted by atomic mass is 10.2. The Morgan fingerprint density at radius 1 is 1.19 bits per heavy atom. The molecule has 26 heavy (non-hydrogen) atoms. The van der Waals surface area contributed by atoms with E-state index in [-0.39, 0.29) is 5.91 Å². The Morgan fingerprint density at radius 3 is 2.65 bits per heavy atom. The van der Waals surface area contributed by atoms with Gasteiger partial charge in [-0.3, -0.25) is 14.2 Å². The van der Waals surface area contributed by atoms with Crippen LogP contribution >= 0.6 is 22.6 Å². The maximum Gasteiger partial charge on any atom is 0.226 e. The van der Waals surface area contributed by atoms with Gasteiger partial charge in [0.1, 0.15) is 0 Å². The highest BCUT2D eigenvalue weighted by atomic mass is 127. The topological polar surface area (TPSA) is 64.7 Å². The van der Waals surface area contributed by atoms with E-state index >= 15 is 0 Å². The largest absolute Gasteiger partial charge is 0.326 e. The number of carbonyl (C=O) groups is 1. The van der Waals surface area contributed by atoms with Gasteiger partial charge in [0.2, 0.25) is 5.91 Å². The van der Waals surface area contributed by atoms with Crippen molar-refractivity contribution in [3.8, 4) is 0 Å². The van der Waals surface area contributed by atoms with Crippen LogP contribution in [-0.2, 0) is 17.9 Å². The third-order valence-corrected chi connectivity index (χ3v) is 5.30. The van der Waals surface area contributed by atoms with E-state index in [2.05, 4.69) is 44.2 Å². The number of anilines is 1. The predicted molar refractivity (Wildman–Crippen MR) is 110 cm³/mol. The molecule has 6 nitrogen and oxygen atoms in total. The molecule has 1 aromatic carbocycles. The number of aryl methyl sites for hydroxylation is 3. The number of benzene rings is 1. The van der Waals surface area contributed by atoms with E-state index in [1.54, 1.807) is 0 Å². The Bertz CT molecular complexity index is 928. The maximum absolute atomic E-state index is 12.3. The quantitative estimate of drug-likeness (QED) is 0.568. The third-order valence-electron chi connectivity index (χ3n) is 4.24. The van der Waals surface area contributed by atoms with Crippen molar-refractivity contribution in [2.24, 2.45) is 0 Å². The molecule has 0 atom stereocenters. The van der Waals surface area contributed by atoms with Crippen LogP contribution in [0.25, 0.3) is 0 Å². The molecule has 0 aliphatic carbocycles. The summed E-state index contributed by atoms with van der Waals surface area (Å²) in [6, 6.07) is 9.96. The van der Waals surface area contributed by atoms with Crippen LogP contribution in [0.4, 0.5) is 5.69 Å². The third kappa shape index (κ3) is 4.51. The number of rotatable bonds is 6. The van der Waals surface area contributed by atoms with Gasteiger partial charge in [0, 0.05) is 23.5 Å². The zero-order valence-electron chi connectivity index (χ0n) is 15.2. The van der Waals surface area contributed by atoms with Gasteiger partial charge in [0.15, 0.2) is 0 Å². The molecule has 2 aromatic heterocycles. The predicted octanol–water partition coefficient (Wildman–Crippen LogP) is 3.69. The van der Waals surface area contributed by atoms with E-state index in [4.69, 9.17) is 0 Å². The lowest BCUT2D eigenvalue weighted by Gasteiger charge is -2.09. The van der Waals surface area contributed by atoms with Gasteiger partial charge >= 0.3 is 0 Å². The molecule has 0 radical (unpaired) electrons. The highest BCUT2D eigenvalue weighted by Crippen LogP contribution is 2.14. The molecule has 0 unspecified atom stereocenters. The zero-order chi connectivity index (χ0) is 18.7. The van der Waals surface area contributed by atoms with E-state index in [1.807, 2.05) is 60.6 Å². The lowest BCUT2D eigenvalue weighted by Crippen LogP contribution is -2.16. The van der Waals surface area contributed by atoms with Gasteiger partial charge in [0.25, 0.3) is 0 Å². The summed E-state index contributed by atoms with van der Waals surface area (Å²) >= 11 is 2.25. The van der Waals surface area contributed by atoms with Crippen molar-refractivity contribution in [3.63, 3.8) is 0 Å². The number of hydrogen-bond acceptors (Lipinski definition) is 3. The fourth-order valence-corrected chi connectivity index (χ4v) is 3.24. The first-order valence-electron chi connectivity index (χ1n) is 8.50. The number of halogens is 1. The van der Waals surface area contributed by atoms with Gasteiger partial charge in [-0.05, 0) is 67.1 Å². The molecule has 1 amide bonds. The minimum absolute atomic E-state index is 0.0156. The Morgan fingerprint density at radius 2 is 2.00 bits per heavy atom. The average molecular weight is 463 g/mol. The fourth-order valence-electron chi connectivity index (χ4n) is 2.84. The molecule has 0 fully saturated rings. The minimum Gasteiger partial charge on any atom is -0.326 e. The van der Waals surface area contributed by atoms with Crippen molar-refractivity contribution < 1.29 is 4.79 Å². The van der Waals surface area contributed by atoms with E-state index in [9.17, 15) is 4.79 Å². The van der Waals surface area contributed by atoms with Crippen molar-refractivity contribution in [1.29, 1.82) is 0 Å². The van der Waals surface area contributed by atoms with Crippen molar-refractivity contribution in [2.75, 3.05) is 5.32 Å². The number of nitrogens with zero attached hydrogens (tertiary/aromatic N) is 4. The van der Waals surface area contributed by atoms with Crippen LogP contribution in [0.2, 0.25) is 0 Å². The van der Waals surface area contributed by atoms with Crippen molar-refractivity contribution in [1.82, 2.24) is 19.6 Å². The second-order valence-electron chi connectivity index (χ2n) is 6.38. The van der Waals surface area contributed by atoms with E-state index in [0.717, 1.165) is 31.9 Å². The molecular weight excluding hydrogens is 441 g/mol. The molecular formula is C19H22IN5O. The second kappa shape index (κ2) is 8.03. The van der Waals surface area contributed by atoms with Crippen LogP contribution in [0.15, 0.2) is 36.5 Å². The summed E-state index contributed by atoms with van der Waals surface area (Å²) in [6.45, 7) is 7.31. The molecule has 7 heteroatoms. The Balaban J connectivity index is 1.60. The average Bonchev–Trinajstić information content (AvgIpc) is 3.08. The monoisotopic (exact) mass is 463 g/mol. The van der Waals surface area contributed by atoms with Gasteiger partial charge < -0.3 is 5.32 Å². The Hall–Kier alpha value is -2.16. The summed E-state index contributed by atoms with van der Waals surface area (Å²) in [5.41, 5.74) is 5.13. The fraction of sp³-hybridized carbons (Fsp3) is 0.316. The van der Waals surface area contributed by atoms with Gasteiger partial charge in [-0.25, -0.2) is 0 Å². The first-order valence-corrected chi connectivity index (χ1v) is 9.58. The first-order chi connectivity index (χ1) is 12.4. The molecule has 0 spiro atoms. The molecule has 0 aliphatic heterocycles. The standard InChI is InChI=1S/C19H22IN5O/c1-13-9-14(2)25(23-13)12-16-5-4-6-17(10-16)22-19(26)7-8-24-15(3)18(20)11-21-24/h4-6,9-11H,7-8,12H2,1-3H3,(H,22,26). The lowest BCUT2D eigenvalue weighted by molar-refractivity contribution is -0.116. The summed E-state index contributed by atoms with van der Waals surface area (Å²) in [4.78, 5) is 12.3. The highest BCUT2D eigenvalue weighted by Gasteiger charge is 2.08. The summed E-state index contributed by atoms with van der Waals surface area (Å²) in [5, 5.41) is 11.7. The summed E-state index contributed by atoms with van der Waals surface area (Å²) in [7, 11) is 0. The van der Waals surface area contributed by atoms with E-state index < -0.39 is 0 Å². The first kappa shape index (κ1) is 18.6. The molecule has 3 rings (SSSR count). The smallest absolute Gasteiger partial charge is 0.226 e. The normalized spacial score (nSPS) is 10.9. The molecule has 0 saturated carbocycles. The van der Waals surface area contributed by atoms with Gasteiger partial charge in [-0.1, -0.05) is 12.1 Å². The van der Waals surface area contributed by atoms with Crippen LogP contribution < -0.4 is 5.32 Å².